The van der Waals surface area contributed by atoms with Crippen LogP contribution in [0, 0.1) is 5.92 Å². The Morgan fingerprint density at radius 2 is 2.07 bits per heavy atom. The number of hydrogen-bond donors (Lipinski definition) is 1. The normalized spacial score (nSPS) is 21.1. The van der Waals surface area contributed by atoms with E-state index in [1.54, 1.807) is 0 Å². The van der Waals surface area contributed by atoms with E-state index in [9.17, 15) is 4.79 Å². The standard InChI is InChI=1S/C11H13BrN2O/c12-9-1-3-10(4-2-9)14-7-8(6-13)5-11(14)15/h1-4,8H,5-7,13H2/t8-/m1/s1. The van der Waals surface area contributed by atoms with Gasteiger partial charge in [0.25, 0.3) is 0 Å². The zero-order valence-corrected chi connectivity index (χ0v) is 9.90. The van der Waals surface area contributed by atoms with Crippen LogP contribution < -0.4 is 10.6 Å². The monoisotopic (exact) mass is 268 g/mol. The van der Waals surface area contributed by atoms with E-state index in [1.807, 2.05) is 29.2 Å². The molecule has 0 aromatic heterocycles. The second-order valence-electron chi connectivity index (χ2n) is 3.79. The van der Waals surface area contributed by atoms with Crippen LogP contribution >= 0.6 is 15.9 Å². The van der Waals surface area contributed by atoms with Gasteiger partial charge in [-0.2, -0.15) is 0 Å². The van der Waals surface area contributed by atoms with Gasteiger partial charge in [-0.3, -0.25) is 4.79 Å². The molecule has 1 amide bonds. The lowest BCUT2D eigenvalue weighted by atomic mass is 10.1. The maximum atomic E-state index is 11.7. The Hall–Kier alpha value is -0.870. The highest BCUT2D eigenvalue weighted by atomic mass is 79.9. The molecule has 0 saturated carbocycles. The minimum Gasteiger partial charge on any atom is -0.330 e. The van der Waals surface area contributed by atoms with Crippen molar-refractivity contribution in [1.29, 1.82) is 0 Å². The van der Waals surface area contributed by atoms with Crippen LogP contribution in [0.25, 0.3) is 0 Å². The number of halogens is 1. The molecule has 4 heteroatoms. The molecule has 1 aliphatic heterocycles. The summed E-state index contributed by atoms with van der Waals surface area (Å²) < 4.78 is 1.02. The van der Waals surface area contributed by atoms with Crippen molar-refractivity contribution in [2.45, 2.75) is 6.42 Å². The van der Waals surface area contributed by atoms with E-state index in [0.29, 0.717) is 18.9 Å². The molecule has 1 aliphatic rings. The molecule has 15 heavy (non-hydrogen) atoms. The number of amides is 1. The Bertz CT molecular complexity index is 363. The van der Waals surface area contributed by atoms with E-state index in [0.717, 1.165) is 16.7 Å². The van der Waals surface area contributed by atoms with Crippen LogP contribution in [0.3, 0.4) is 0 Å². The van der Waals surface area contributed by atoms with Crippen molar-refractivity contribution in [2.75, 3.05) is 18.0 Å². The summed E-state index contributed by atoms with van der Waals surface area (Å²) in [7, 11) is 0. The molecule has 80 valence electrons. The van der Waals surface area contributed by atoms with E-state index in [1.165, 1.54) is 0 Å². The zero-order valence-electron chi connectivity index (χ0n) is 8.32. The first kappa shape index (κ1) is 10.6. The SMILES string of the molecule is NC[C@H]1CC(=O)N(c2ccc(Br)cc2)C1. The van der Waals surface area contributed by atoms with Gasteiger partial charge in [0.05, 0.1) is 0 Å². The summed E-state index contributed by atoms with van der Waals surface area (Å²) in [5.41, 5.74) is 6.53. The summed E-state index contributed by atoms with van der Waals surface area (Å²) in [6, 6.07) is 7.78. The summed E-state index contributed by atoms with van der Waals surface area (Å²) in [5, 5.41) is 0. The zero-order chi connectivity index (χ0) is 10.8. The highest BCUT2D eigenvalue weighted by Gasteiger charge is 2.29. The minimum absolute atomic E-state index is 0.174. The molecule has 1 atom stereocenters. The fourth-order valence-electron chi connectivity index (χ4n) is 1.81. The molecule has 0 bridgehead atoms. The van der Waals surface area contributed by atoms with Crippen LogP contribution in [0.15, 0.2) is 28.7 Å². The van der Waals surface area contributed by atoms with E-state index in [2.05, 4.69) is 15.9 Å². The molecule has 1 heterocycles. The largest absolute Gasteiger partial charge is 0.330 e. The quantitative estimate of drug-likeness (QED) is 0.889. The molecule has 1 saturated heterocycles. The lowest BCUT2D eigenvalue weighted by Crippen LogP contribution is -2.25. The van der Waals surface area contributed by atoms with Crippen molar-refractivity contribution in [3.8, 4) is 0 Å². The van der Waals surface area contributed by atoms with Crippen LogP contribution in [0.1, 0.15) is 6.42 Å². The van der Waals surface area contributed by atoms with E-state index in [4.69, 9.17) is 5.73 Å². The first-order chi connectivity index (χ1) is 7.20. The number of carbonyl (C=O) groups is 1. The number of benzene rings is 1. The molecule has 1 aromatic carbocycles. The molecular weight excluding hydrogens is 256 g/mol. The Balaban J connectivity index is 2.18. The Labute approximate surface area is 97.4 Å². The van der Waals surface area contributed by atoms with Gasteiger partial charge in [-0.15, -0.1) is 0 Å². The van der Waals surface area contributed by atoms with Gasteiger partial charge in [0.15, 0.2) is 0 Å². The molecular formula is C11H13BrN2O. The van der Waals surface area contributed by atoms with Crippen molar-refractivity contribution >= 4 is 27.5 Å². The van der Waals surface area contributed by atoms with Crippen molar-refractivity contribution in [3.63, 3.8) is 0 Å². The fraction of sp³-hybridized carbons (Fsp3) is 0.364. The molecule has 2 rings (SSSR count). The predicted molar refractivity (Wildman–Crippen MR) is 63.7 cm³/mol. The predicted octanol–water partition coefficient (Wildman–Crippen LogP) is 1.76. The number of carbonyl (C=O) groups excluding carboxylic acids is 1. The fourth-order valence-corrected chi connectivity index (χ4v) is 2.07. The van der Waals surface area contributed by atoms with Crippen LogP contribution in [0.2, 0.25) is 0 Å². The molecule has 0 aliphatic carbocycles. The molecule has 1 fully saturated rings. The Morgan fingerprint density at radius 3 is 2.60 bits per heavy atom. The Kier molecular flexibility index (Phi) is 3.07. The van der Waals surface area contributed by atoms with Gasteiger partial charge in [0, 0.05) is 23.1 Å². The highest BCUT2D eigenvalue weighted by molar-refractivity contribution is 9.10. The maximum absolute atomic E-state index is 11.7. The molecule has 1 aromatic rings. The number of anilines is 1. The van der Waals surface area contributed by atoms with Crippen molar-refractivity contribution in [3.05, 3.63) is 28.7 Å². The van der Waals surface area contributed by atoms with Crippen LogP contribution in [0.5, 0.6) is 0 Å². The van der Waals surface area contributed by atoms with Gasteiger partial charge in [-0.05, 0) is 36.7 Å². The molecule has 3 nitrogen and oxygen atoms in total. The lowest BCUT2D eigenvalue weighted by molar-refractivity contribution is -0.117. The topological polar surface area (TPSA) is 46.3 Å². The summed E-state index contributed by atoms with van der Waals surface area (Å²) >= 11 is 3.37. The van der Waals surface area contributed by atoms with Crippen molar-refractivity contribution in [2.24, 2.45) is 11.7 Å². The third-order valence-electron chi connectivity index (χ3n) is 2.68. The summed E-state index contributed by atoms with van der Waals surface area (Å²) in [4.78, 5) is 13.5. The summed E-state index contributed by atoms with van der Waals surface area (Å²) in [6.07, 6.45) is 0.576. The summed E-state index contributed by atoms with van der Waals surface area (Å²) in [5.74, 6) is 0.480. The van der Waals surface area contributed by atoms with Gasteiger partial charge < -0.3 is 10.6 Å². The number of rotatable bonds is 2. The van der Waals surface area contributed by atoms with Gasteiger partial charge >= 0.3 is 0 Å². The van der Waals surface area contributed by atoms with Crippen molar-refractivity contribution in [1.82, 2.24) is 0 Å². The first-order valence-corrected chi connectivity index (χ1v) is 5.76. The summed E-state index contributed by atoms with van der Waals surface area (Å²) in [6.45, 7) is 1.33. The molecule has 0 unspecified atom stereocenters. The minimum atomic E-state index is 0.174. The van der Waals surface area contributed by atoms with E-state index >= 15 is 0 Å². The van der Waals surface area contributed by atoms with E-state index < -0.39 is 0 Å². The van der Waals surface area contributed by atoms with Crippen molar-refractivity contribution < 1.29 is 4.79 Å². The first-order valence-electron chi connectivity index (χ1n) is 4.96. The third-order valence-corrected chi connectivity index (χ3v) is 3.21. The highest BCUT2D eigenvalue weighted by Crippen LogP contribution is 2.25. The number of nitrogens with two attached hydrogens (primary N) is 1. The average Bonchev–Trinajstić information content (AvgIpc) is 2.61. The molecule has 2 N–H and O–H groups in total. The molecule has 0 spiro atoms. The average molecular weight is 269 g/mol. The number of nitrogens with zero attached hydrogens (tertiary/aromatic N) is 1. The Morgan fingerprint density at radius 1 is 1.40 bits per heavy atom. The maximum Gasteiger partial charge on any atom is 0.227 e. The van der Waals surface area contributed by atoms with Crippen LogP contribution in [0.4, 0.5) is 5.69 Å². The second-order valence-corrected chi connectivity index (χ2v) is 4.70. The van der Waals surface area contributed by atoms with E-state index in [-0.39, 0.29) is 5.91 Å². The number of hydrogen-bond acceptors (Lipinski definition) is 2. The van der Waals surface area contributed by atoms with Gasteiger partial charge in [-0.25, -0.2) is 0 Å². The van der Waals surface area contributed by atoms with Gasteiger partial charge in [0.2, 0.25) is 5.91 Å². The van der Waals surface area contributed by atoms with Crippen LogP contribution in [-0.4, -0.2) is 19.0 Å². The lowest BCUT2D eigenvalue weighted by Gasteiger charge is -2.16. The van der Waals surface area contributed by atoms with Crippen LogP contribution in [-0.2, 0) is 4.79 Å². The smallest absolute Gasteiger partial charge is 0.227 e. The van der Waals surface area contributed by atoms with Gasteiger partial charge in [0.1, 0.15) is 0 Å². The third kappa shape index (κ3) is 2.21. The second kappa shape index (κ2) is 4.33. The van der Waals surface area contributed by atoms with Gasteiger partial charge in [-0.1, -0.05) is 15.9 Å². The molecule has 0 radical (unpaired) electrons.